The van der Waals surface area contributed by atoms with Crippen LogP contribution in [0, 0.1) is 30.6 Å². The maximum atomic E-state index is 4.39. The van der Waals surface area contributed by atoms with Gasteiger partial charge in [-0.25, -0.2) is 9.97 Å². The average molecular weight is 502 g/mol. The van der Waals surface area contributed by atoms with Crippen LogP contribution < -0.4 is 9.80 Å². The molecule has 2 aromatic rings. The number of hydrogen-bond acceptors (Lipinski definition) is 4. The normalized spacial score (nSPS) is 18.1. The fourth-order valence-corrected chi connectivity index (χ4v) is 5.19. The first-order valence-electron chi connectivity index (χ1n) is 12.4. The first-order chi connectivity index (χ1) is 15.3. The van der Waals surface area contributed by atoms with E-state index in [0.29, 0.717) is 0 Å². The Kier molecular flexibility index (Phi) is 9.39. The van der Waals surface area contributed by atoms with E-state index in [4.69, 9.17) is 0 Å². The van der Waals surface area contributed by atoms with Crippen molar-refractivity contribution in [3.05, 3.63) is 46.8 Å². The summed E-state index contributed by atoms with van der Waals surface area (Å²) in [5, 5.41) is 0. The summed E-state index contributed by atoms with van der Waals surface area (Å²) in [5.74, 6) is 4.46. The van der Waals surface area contributed by atoms with Gasteiger partial charge >= 0.3 is 0 Å². The van der Waals surface area contributed by atoms with E-state index in [0.717, 1.165) is 47.2 Å². The van der Waals surface area contributed by atoms with Crippen molar-refractivity contribution in [1.82, 2.24) is 9.97 Å². The molecule has 0 aliphatic carbocycles. The topological polar surface area (TPSA) is 32.3 Å². The second kappa shape index (κ2) is 12.0. The molecular formula is C27H41BrN4. The summed E-state index contributed by atoms with van der Waals surface area (Å²) in [4.78, 5) is 13.5. The molecule has 0 N–H and O–H groups in total. The van der Waals surface area contributed by atoms with E-state index in [2.05, 4.69) is 94.6 Å². The summed E-state index contributed by atoms with van der Waals surface area (Å²) in [6, 6.07) is 8.74. The summed E-state index contributed by atoms with van der Waals surface area (Å²) in [6.45, 7) is 16.2. The van der Waals surface area contributed by atoms with Crippen molar-refractivity contribution in [3.8, 4) is 0 Å². The zero-order valence-electron chi connectivity index (χ0n) is 20.6. The monoisotopic (exact) mass is 500 g/mol. The number of nitrogens with zero attached hydrogens (tertiary/aromatic N) is 4. The van der Waals surface area contributed by atoms with E-state index < -0.39 is 0 Å². The minimum atomic E-state index is 0.799. The van der Waals surface area contributed by atoms with Crippen LogP contribution in [0.1, 0.15) is 58.9 Å². The Bertz CT molecular complexity index is 805. The van der Waals surface area contributed by atoms with Gasteiger partial charge in [-0.1, -0.05) is 45.9 Å². The molecule has 5 heteroatoms. The highest BCUT2D eigenvalue weighted by Gasteiger charge is 2.23. The molecule has 32 heavy (non-hydrogen) atoms. The molecule has 0 unspecified atom stereocenters. The third-order valence-electron chi connectivity index (χ3n) is 7.35. The molecule has 2 aliphatic heterocycles. The third kappa shape index (κ3) is 6.94. The summed E-state index contributed by atoms with van der Waals surface area (Å²) < 4.78 is 0.799. The molecule has 0 radical (unpaired) electrons. The van der Waals surface area contributed by atoms with Crippen LogP contribution in [0.4, 0.5) is 11.5 Å². The summed E-state index contributed by atoms with van der Waals surface area (Å²) in [5.41, 5.74) is 2.84. The van der Waals surface area contributed by atoms with Crippen molar-refractivity contribution in [3.63, 3.8) is 0 Å². The molecule has 3 heterocycles. The maximum Gasteiger partial charge on any atom is 0.147 e. The Morgan fingerprint density at radius 2 is 1.31 bits per heavy atom. The lowest BCUT2D eigenvalue weighted by atomic mass is 9.86. The molecule has 1 aromatic heterocycles. The molecular weight excluding hydrogens is 460 g/mol. The van der Waals surface area contributed by atoms with Crippen LogP contribution in [0.25, 0.3) is 0 Å². The van der Waals surface area contributed by atoms with Gasteiger partial charge in [0.2, 0.25) is 0 Å². The second-order valence-electron chi connectivity index (χ2n) is 10.1. The molecule has 2 saturated heterocycles. The SMILES string of the molecule is CC(C)C1CCN(c2cnc(Br)cn2)CC1.Cc1ccccc1N1CCC(C(C)C)CC1. The van der Waals surface area contributed by atoms with Gasteiger partial charge < -0.3 is 9.80 Å². The van der Waals surface area contributed by atoms with Crippen LogP contribution in [0.5, 0.6) is 0 Å². The predicted molar refractivity (Wildman–Crippen MR) is 140 cm³/mol. The van der Waals surface area contributed by atoms with E-state index >= 15 is 0 Å². The minimum Gasteiger partial charge on any atom is -0.371 e. The molecule has 0 spiro atoms. The van der Waals surface area contributed by atoms with Crippen molar-refractivity contribution in [2.24, 2.45) is 23.7 Å². The van der Waals surface area contributed by atoms with Crippen LogP contribution in [-0.4, -0.2) is 36.1 Å². The lowest BCUT2D eigenvalue weighted by molar-refractivity contribution is 0.310. The first-order valence-corrected chi connectivity index (χ1v) is 13.2. The molecule has 4 nitrogen and oxygen atoms in total. The number of aryl methyl sites for hydroxylation is 1. The summed E-state index contributed by atoms with van der Waals surface area (Å²) in [6.07, 6.45) is 8.87. The van der Waals surface area contributed by atoms with E-state index in [-0.39, 0.29) is 0 Å². The molecule has 1 aromatic carbocycles. The Morgan fingerprint density at radius 1 is 0.781 bits per heavy atom. The highest BCUT2D eigenvalue weighted by molar-refractivity contribution is 9.10. The molecule has 2 fully saturated rings. The highest BCUT2D eigenvalue weighted by Crippen LogP contribution is 2.29. The van der Waals surface area contributed by atoms with Gasteiger partial charge in [0.1, 0.15) is 10.4 Å². The van der Waals surface area contributed by atoms with Gasteiger partial charge in [0.25, 0.3) is 0 Å². The van der Waals surface area contributed by atoms with E-state index in [1.54, 1.807) is 6.20 Å². The molecule has 2 aliphatic rings. The largest absolute Gasteiger partial charge is 0.371 e. The van der Waals surface area contributed by atoms with Crippen molar-refractivity contribution in [2.45, 2.75) is 60.3 Å². The van der Waals surface area contributed by atoms with Crippen molar-refractivity contribution in [1.29, 1.82) is 0 Å². The van der Waals surface area contributed by atoms with E-state index in [1.165, 1.54) is 50.0 Å². The number of hydrogen-bond donors (Lipinski definition) is 0. The number of anilines is 2. The first kappa shape index (κ1) is 25.0. The fraction of sp³-hybridized carbons (Fsp3) is 0.630. The molecule has 176 valence electrons. The molecule has 0 saturated carbocycles. The Morgan fingerprint density at radius 3 is 1.78 bits per heavy atom. The fourth-order valence-electron chi connectivity index (χ4n) is 4.99. The lowest BCUT2D eigenvalue weighted by Gasteiger charge is -2.36. The standard InChI is InChI=1S/C15H23N.C12H18BrN3/c1-12(2)14-8-10-16(11-9-14)15-7-5-4-6-13(15)3;1-9(2)10-3-5-16(6-4-10)12-8-14-11(13)7-15-12/h4-7,12,14H,8-11H2,1-3H3;7-10H,3-6H2,1-2H3. The average Bonchev–Trinajstić information content (AvgIpc) is 2.80. The molecule has 4 rings (SSSR count). The number of rotatable bonds is 4. The van der Waals surface area contributed by atoms with E-state index in [9.17, 15) is 0 Å². The second-order valence-corrected chi connectivity index (χ2v) is 10.9. The number of piperidine rings is 2. The van der Waals surface area contributed by atoms with E-state index in [1.807, 2.05) is 6.20 Å². The zero-order valence-corrected chi connectivity index (χ0v) is 22.2. The molecule has 0 bridgehead atoms. The van der Waals surface area contributed by atoms with Crippen LogP contribution in [0.2, 0.25) is 0 Å². The number of aromatic nitrogens is 2. The lowest BCUT2D eigenvalue weighted by Crippen LogP contribution is -2.35. The van der Waals surface area contributed by atoms with Gasteiger partial charge in [0, 0.05) is 31.9 Å². The Balaban J connectivity index is 0.000000181. The van der Waals surface area contributed by atoms with Crippen molar-refractivity contribution in [2.75, 3.05) is 36.0 Å². The summed E-state index contributed by atoms with van der Waals surface area (Å²) in [7, 11) is 0. The van der Waals surface area contributed by atoms with Gasteiger partial charge in [-0.2, -0.15) is 0 Å². The van der Waals surface area contributed by atoms with Crippen molar-refractivity contribution >= 4 is 27.4 Å². The number of halogens is 1. The minimum absolute atomic E-state index is 0.799. The van der Waals surface area contributed by atoms with Crippen molar-refractivity contribution < 1.29 is 0 Å². The van der Waals surface area contributed by atoms with Crippen LogP contribution in [-0.2, 0) is 0 Å². The summed E-state index contributed by atoms with van der Waals surface area (Å²) >= 11 is 3.31. The highest BCUT2D eigenvalue weighted by atomic mass is 79.9. The number of benzene rings is 1. The smallest absolute Gasteiger partial charge is 0.147 e. The quantitative estimate of drug-likeness (QED) is 0.453. The zero-order chi connectivity index (χ0) is 23.1. The maximum absolute atomic E-state index is 4.39. The van der Waals surface area contributed by atoms with Crippen LogP contribution in [0.3, 0.4) is 0 Å². The molecule has 0 amide bonds. The molecule has 0 atom stereocenters. The third-order valence-corrected chi connectivity index (χ3v) is 7.76. The van der Waals surface area contributed by atoms with Crippen LogP contribution >= 0.6 is 15.9 Å². The Hall–Kier alpha value is -1.62. The van der Waals surface area contributed by atoms with Crippen LogP contribution in [0.15, 0.2) is 41.3 Å². The number of para-hydroxylation sites is 1. The predicted octanol–water partition coefficient (Wildman–Crippen LogP) is 6.98. The van der Waals surface area contributed by atoms with Gasteiger partial charge in [0.05, 0.1) is 12.4 Å². The Labute approximate surface area is 204 Å². The van der Waals surface area contributed by atoms with Gasteiger partial charge in [-0.05, 0) is 83.8 Å². The van der Waals surface area contributed by atoms with Gasteiger partial charge in [-0.3, -0.25) is 0 Å². The van der Waals surface area contributed by atoms with Gasteiger partial charge in [-0.15, -0.1) is 0 Å². The van der Waals surface area contributed by atoms with Gasteiger partial charge in [0.15, 0.2) is 0 Å².